The van der Waals surface area contributed by atoms with Gasteiger partial charge in [-0.25, -0.2) is 8.78 Å². The van der Waals surface area contributed by atoms with E-state index in [0.717, 1.165) is 15.7 Å². The number of ether oxygens (including phenoxy) is 1. The molecule has 2 rings (SSSR count). The average molecular weight is 429 g/mol. The van der Waals surface area contributed by atoms with Crippen LogP contribution in [0.3, 0.4) is 0 Å². The molecule has 0 bridgehead atoms. The van der Waals surface area contributed by atoms with Crippen molar-refractivity contribution < 1.29 is 13.5 Å². The summed E-state index contributed by atoms with van der Waals surface area (Å²) in [6.07, 6.45) is 0. The van der Waals surface area contributed by atoms with E-state index in [-0.39, 0.29) is 11.3 Å². The molecule has 0 aliphatic carbocycles. The molecule has 0 aliphatic heterocycles. The van der Waals surface area contributed by atoms with Gasteiger partial charge in [0.05, 0.1) is 17.5 Å². The fourth-order valence-corrected chi connectivity index (χ4v) is 2.63. The highest BCUT2D eigenvalue weighted by molar-refractivity contribution is 14.1. The van der Waals surface area contributed by atoms with E-state index in [0.29, 0.717) is 10.6 Å². The van der Waals surface area contributed by atoms with Crippen LogP contribution in [-0.4, -0.2) is 7.11 Å². The van der Waals surface area contributed by atoms with E-state index in [2.05, 4.69) is 22.6 Å². The lowest BCUT2D eigenvalue weighted by molar-refractivity contribution is 0.405. The Kier molecular flexibility index (Phi) is 5.09. The van der Waals surface area contributed by atoms with Crippen molar-refractivity contribution in [2.75, 3.05) is 7.11 Å². The second-order valence-corrected chi connectivity index (χ2v) is 6.05. The second-order valence-electron chi connectivity index (χ2n) is 4.04. The molecule has 0 aliphatic rings. The highest BCUT2D eigenvalue weighted by Crippen LogP contribution is 2.36. The lowest BCUT2D eigenvalue weighted by atomic mass is 10.0. The fraction of sp³-hybridized carbons (Fsp3) is 0.143. The molecule has 6 heteroatoms. The Morgan fingerprint density at radius 3 is 2.25 bits per heavy atom. The summed E-state index contributed by atoms with van der Waals surface area (Å²) in [5, 5.41) is -0.474. The van der Waals surface area contributed by atoms with Crippen LogP contribution < -0.4 is 4.74 Å². The standard InChI is InChI=1S/C14H9Cl2F2IO/c1-20-8-5-10(17)13(11(18)6-8)14(16)7-2-3-12(19)9(15)4-7/h2-6,14H,1H3. The Bertz CT molecular complexity index is 626. The maximum absolute atomic E-state index is 14.0. The van der Waals surface area contributed by atoms with Crippen molar-refractivity contribution in [3.8, 4) is 5.75 Å². The van der Waals surface area contributed by atoms with E-state index < -0.39 is 17.0 Å². The Morgan fingerprint density at radius 2 is 1.75 bits per heavy atom. The fourth-order valence-electron chi connectivity index (χ4n) is 1.76. The van der Waals surface area contributed by atoms with Gasteiger partial charge in [0.1, 0.15) is 17.4 Å². The Labute approximate surface area is 139 Å². The summed E-state index contributed by atoms with van der Waals surface area (Å²) in [4.78, 5) is 0. The first-order chi connectivity index (χ1) is 9.43. The minimum Gasteiger partial charge on any atom is -0.497 e. The Balaban J connectivity index is 2.47. The van der Waals surface area contributed by atoms with Gasteiger partial charge in [-0.2, -0.15) is 0 Å². The maximum Gasteiger partial charge on any atom is 0.134 e. The third kappa shape index (κ3) is 3.18. The quantitative estimate of drug-likeness (QED) is 0.459. The highest BCUT2D eigenvalue weighted by Gasteiger charge is 2.21. The van der Waals surface area contributed by atoms with Gasteiger partial charge in [0.2, 0.25) is 0 Å². The molecule has 1 unspecified atom stereocenters. The first kappa shape index (κ1) is 15.8. The lowest BCUT2D eigenvalue weighted by Gasteiger charge is -2.14. The molecule has 0 amide bonds. The van der Waals surface area contributed by atoms with Crippen molar-refractivity contribution in [3.63, 3.8) is 0 Å². The summed E-state index contributed by atoms with van der Waals surface area (Å²) in [6.45, 7) is 0. The third-order valence-electron chi connectivity index (χ3n) is 2.78. The summed E-state index contributed by atoms with van der Waals surface area (Å²) in [5.74, 6) is -1.40. The summed E-state index contributed by atoms with van der Waals surface area (Å²) >= 11 is 14.2. The van der Waals surface area contributed by atoms with Gasteiger partial charge in [0.25, 0.3) is 0 Å². The van der Waals surface area contributed by atoms with Crippen molar-refractivity contribution in [1.82, 2.24) is 0 Å². The number of alkyl halides is 1. The second kappa shape index (κ2) is 6.45. The van der Waals surface area contributed by atoms with Crippen LogP contribution in [0.25, 0.3) is 0 Å². The largest absolute Gasteiger partial charge is 0.497 e. The van der Waals surface area contributed by atoms with Crippen molar-refractivity contribution >= 4 is 45.8 Å². The molecule has 0 N–H and O–H groups in total. The molecule has 0 fully saturated rings. The van der Waals surface area contributed by atoms with Crippen LogP contribution in [0.5, 0.6) is 5.75 Å². The van der Waals surface area contributed by atoms with Gasteiger partial charge >= 0.3 is 0 Å². The lowest BCUT2D eigenvalue weighted by Crippen LogP contribution is -2.02. The van der Waals surface area contributed by atoms with E-state index in [1.165, 1.54) is 7.11 Å². The molecule has 0 radical (unpaired) electrons. The molecule has 2 aromatic rings. The predicted octanol–water partition coefficient (Wildman–Crippen LogP) is 5.56. The first-order valence-electron chi connectivity index (χ1n) is 5.56. The van der Waals surface area contributed by atoms with E-state index >= 15 is 0 Å². The van der Waals surface area contributed by atoms with Crippen LogP contribution in [0.2, 0.25) is 5.02 Å². The monoisotopic (exact) mass is 428 g/mol. The van der Waals surface area contributed by atoms with E-state index in [9.17, 15) is 8.78 Å². The van der Waals surface area contributed by atoms with Gasteiger partial charge in [0.15, 0.2) is 0 Å². The molecule has 0 saturated heterocycles. The summed E-state index contributed by atoms with van der Waals surface area (Å²) in [5.41, 5.74) is 0.310. The zero-order valence-electron chi connectivity index (χ0n) is 10.3. The zero-order valence-corrected chi connectivity index (χ0v) is 13.9. The molecule has 20 heavy (non-hydrogen) atoms. The molecular formula is C14H9Cl2F2IO. The van der Waals surface area contributed by atoms with E-state index in [1.54, 1.807) is 18.2 Å². The zero-order chi connectivity index (χ0) is 14.9. The average Bonchev–Trinajstić information content (AvgIpc) is 2.40. The molecule has 1 atom stereocenters. The maximum atomic E-state index is 14.0. The van der Waals surface area contributed by atoms with Crippen LogP contribution in [-0.2, 0) is 0 Å². The normalized spacial score (nSPS) is 12.3. The molecular weight excluding hydrogens is 420 g/mol. The molecule has 2 aromatic carbocycles. The first-order valence-corrected chi connectivity index (χ1v) is 7.45. The summed E-state index contributed by atoms with van der Waals surface area (Å²) in [6, 6.07) is 7.23. The minimum absolute atomic E-state index is 0.105. The van der Waals surface area contributed by atoms with Gasteiger partial charge in [-0.05, 0) is 40.3 Å². The topological polar surface area (TPSA) is 9.23 Å². The van der Waals surface area contributed by atoms with Gasteiger partial charge in [-0.3, -0.25) is 0 Å². The molecule has 106 valence electrons. The number of benzene rings is 2. The van der Waals surface area contributed by atoms with Crippen molar-refractivity contribution in [1.29, 1.82) is 0 Å². The number of halogens is 5. The Morgan fingerprint density at radius 1 is 1.15 bits per heavy atom. The minimum atomic E-state index is -0.963. The van der Waals surface area contributed by atoms with Gasteiger partial charge < -0.3 is 4.74 Å². The van der Waals surface area contributed by atoms with Crippen molar-refractivity contribution in [2.24, 2.45) is 0 Å². The Hall–Kier alpha value is -0.590. The van der Waals surface area contributed by atoms with Crippen LogP contribution >= 0.6 is 45.8 Å². The number of rotatable bonds is 3. The molecule has 0 aromatic heterocycles. The predicted molar refractivity (Wildman–Crippen MR) is 84.8 cm³/mol. The summed E-state index contributed by atoms with van der Waals surface area (Å²) in [7, 11) is 1.34. The van der Waals surface area contributed by atoms with Crippen molar-refractivity contribution in [2.45, 2.75) is 5.38 Å². The molecule has 1 nitrogen and oxygen atoms in total. The van der Waals surface area contributed by atoms with Crippen LogP contribution in [0.4, 0.5) is 8.78 Å². The number of hydrogen-bond acceptors (Lipinski definition) is 1. The SMILES string of the molecule is COc1cc(F)c(C(Cl)c2ccc(I)c(Cl)c2)c(F)c1. The van der Waals surface area contributed by atoms with Crippen LogP contribution in [0.15, 0.2) is 30.3 Å². The van der Waals surface area contributed by atoms with E-state index in [4.69, 9.17) is 27.9 Å². The highest BCUT2D eigenvalue weighted by atomic mass is 127. The smallest absolute Gasteiger partial charge is 0.134 e. The van der Waals surface area contributed by atoms with Gasteiger partial charge in [0, 0.05) is 21.3 Å². The molecule has 0 heterocycles. The molecule has 0 saturated carbocycles. The van der Waals surface area contributed by atoms with E-state index in [1.807, 2.05) is 0 Å². The number of hydrogen-bond donors (Lipinski definition) is 0. The van der Waals surface area contributed by atoms with Gasteiger partial charge in [-0.15, -0.1) is 11.6 Å². The van der Waals surface area contributed by atoms with Crippen LogP contribution in [0.1, 0.15) is 16.5 Å². The third-order valence-corrected chi connectivity index (χ3v) is 4.82. The molecule has 0 spiro atoms. The summed E-state index contributed by atoms with van der Waals surface area (Å²) < 4.78 is 33.6. The van der Waals surface area contributed by atoms with Crippen LogP contribution in [0, 0.1) is 15.2 Å². The van der Waals surface area contributed by atoms with Crippen molar-refractivity contribution in [3.05, 3.63) is 61.7 Å². The number of methoxy groups -OCH3 is 1. The van der Waals surface area contributed by atoms with Gasteiger partial charge in [-0.1, -0.05) is 17.7 Å².